The van der Waals surface area contributed by atoms with Crippen molar-refractivity contribution in [3.63, 3.8) is 0 Å². The van der Waals surface area contributed by atoms with Crippen LogP contribution in [0.1, 0.15) is 18.0 Å². The first kappa shape index (κ1) is 26.8. The summed E-state index contributed by atoms with van der Waals surface area (Å²) in [5.41, 5.74) is 2.19. The molecule has 0 aliphatic heterocycles. The normalized spacial score (nSPS) is 11.9. The van der Waals surface area contributed by atoms with Gasteiger partial charge in [-0.3, -0.25) is 10.1 Å². The van der Waals surface area contributed by atoms with Gasteiger partial charge in [0.25, 0.3) is 0 Å². The number of aliphatic carboxylic acids is 1. The van der Waals surface area contributed by atoms with Crippen LogP contribution >= 0.6 is 11.3 Å². The van der Waals surface area contributed by atoms with Gasteiger partial charge in [0.15, 0.2) is 5.13 Å². The summed E-state index contributed by atoms with van der Waals surface area (Å²) >= 11 is 1.28. The number of urea groups is 1. The second-order valence-electron chi connectivity index (χ2n) is 8.05. The molecule has 0 saturated heterocycles. The van der Waals surface area contributed by atoms with Gasteiger partial charge in [-0.1, -0.05) is 48.5 Å². The average molecular weight is 553 g/mol. The van der Waals surface area contributed by atoms with Crippen LogP contribution in [0.4, 0.5) is 15.6 Å². The molecule has 38 heavy (non-hydrogen) atoms. The molecule has 0 aliphatic rings. The highest BCUT2D eigenvalue weighted by Crippen LogP contribution is 2.32. The zero-order chi connectivity index (χ0) is 27.1. The van der Waals surface area contributed by atoms with Gasteiger partial charge in [-0.25, -0.2) is 22.9 Å². The predicted octanol–water partition coefficient (Wildman–Crippen LogP) is 4.96. The van der Waals surface area contributed by atoms with Crippen LogP contribution in [0.3, 0.4) is 0 Å². The number of sulfonamides is 1. The number of ether oxygens (including phenoxy) is 1. The van der Waals surface area contributed by atoms with Crippen molar-refractivity contribution in [2.24, 2.45) is 0 Å². The van der Waals surface area contributed by atoms with E-state index in [0.717, 1.165) is 0 Å². The first-order valence-corrected chi connectivity index (χ1v) is 13.7. The van der Waals surface area contributed by atoms with Crippen molar-refractivity contribution in [1.29, 1.82) is 0 Å². The molecule has 0 bridgehead atoms. The number of carboxylic acids is 1. The molecule has 0 saturated carbocycles. The van der Waals surface area contributed by atoms with E-state index >= 15 is 0 Å². The zero-order valence-electron chi connectivity index (χ0n) is 20.1. The highest BCUT2D eigenvalue weighted by molar-refractivity contribution is 7.89. The van der Waals surface area contributed by atoms with Crippen LogP contribution in [0.15, 0.2) is 89.3 Å². The van der Waals surface area contributed by atoms with E-state index in [1.54, 1.807) is 72.2 Å². The Morgan fingerprint density at radius 3 is 2.45 bits per heavy atom. The molecule has 0 fully saturated rings. The first-order chi connectivity index (χ1) is 18.2. The van der Waals surface area contributed by atoms with Crippen molar-refractivity contribution in [2.75, 3.05) is 17.7 Å². The molecule has 0 spiro atoms. The minimum Gasteiger partial charge on any atom is -0.495 e. The highest BCUT2D eigenvalue weighted by atomic mass is 32.2. The minimum atomic E-state index is -4.21. The number of hydrogen-bond acceptors (Lipinski definition) is 7. The van der Waals surface area contributed by atoms with Gasteiger partial charge in [-0.15, -0.1) is 11.3 Å². The first-order valence-electron chi connectivity index (χ1n) is 11.3. The number of thiazole rings is 1. The summed E-state index contributed by atoms with van der Waals surface area (Å²) in [7, 11) is -2.86. The summed E-state index contributed by atoms with van der Waals surface area (Å²) in [4.78, 5) is 27.6. The third-order valence-corrected chi connectivity index (χ3v) is 7.62. The van der Waals surface area contributed by atoms with Crippen LogP contribution in [-0.2, 0) is 14.8 Å². The van der Waals surface area contributed by atoms with E-state index in [0.29, 0.717) is 27.5 Å². The molecule has 12 heteroatoms. The zero-order valence-corrected chi connectivity index (χ0v) is 21.8. The maximum atomic E-state index is 13.5. The number of carbonyl (C=O) groups is 2. The molecule has 3 aromatic carbocycles. The van der Waals surface area contributed by atoms with Gasteiger partial charge < -0.3 is 15.2 Å². The maximum absolute atomic E-state index is 13.5. The van der Waals surface area contributed by atoms with E-state index in [2.05, 4.69) is 20.3 Å². The van der Waals surface area contributed by atoms with Gasteiger partial charge in [0.2, 0.25) is 10.0 Å². The number of amides is 2. The summed E-state index contributed by atoms with van der Waals surface area (Å²) in [6.07, 6.45) is 1.14. The minimum absolute atomic E-state index is 0.0977. The highest BCUT2D eigenvalue weighted by Gasteiger charge is 2.27. The molecule has 4 N–H and O–H groups in total. The molecule has 196 valence electrons. The Morgan fingerprint density at radius 1 is 1.00 bits per heavy atom. The Balaban J connectivity index is 1.62. The Labute approximate surface area is 223 Å². The van der Waals surface area contributed by atoms with Gasteiger partial charge >= 0.3 is 12.0 Å². The van der Waals surface area contributed by atoms with E-state index in [1.807, 2.05) is 0 Å². The van der Waals surface area contributed by atoms with E-state index in [9.17, 15) is 23.1 Å². The lowest BCUT2D eigenvalue weighted by atomic mass is 10.0. The van der Waals surface area contributed by atoms with E-state index < -0.39 is 34.5 Å². The van der Waals surface area contributed by atoms with Gasteiger partial charge in [0.1, 0.15) is 10.6 Å². The fourth-order valence-corrected chi connectivity index (χ4v) is 5.67. The molecule has 1 heterocycles. The summed E-state index contributed by atoms with van der Waals surface area (Å²) in [6.45, 7) is 0. The SMILES string of the molecule is COc1ccc(-c2cccc(NC(=O)Nc3nccs3)c2)cc1S(=O)(=O)NC(CC(=O)O)c1ccccc1. The molecule has 1 aromatic heterocycles. The number of anilines is 2. The quantitative estimate of drug-likeness (QED) is 0.217. The van der Waals surface area contributed by atoms with Crippen molar-refractivity contribution in [1.82, 2.24) is 9.71 Å². The molecule has 4 rings (SSSR count). The summed E-state index contributed by atoms with van der Waals surface area (Å²) in [5.74, 6) is -1.05. The van der Waals surface area contributed by atoms with E-state index in [1.165, 1.54) is 30.6 Å². The third-order valence-electron chi connectivity index (χ3n) is 5.44. The topological polar surface area (TPSA) is 147 Å². The summed E-state index contributed by atoms with van der Waals surface area (Å²) in [5, 5.41) is 16.9. The van der Waals surface area contributed by atoms with Crippen molar-refractivity contribution < 1.29 is 27.9 Å². The standard InChI is InChI=1S/C26H24N4O6S2/c1-36-22-11-10-19(18-8-5-9-20(14-18)28-25(33)29-26-27-12-13-37-26)15-23(22)38(34,35)30-21(16-24(31)32)17-6-3-2-4-7-17/h2-15,21,30H,16H2,1H3,(H,31,32)(H2,27,28,29,33). The molecule has 1 unspecified atom stereocenters. The number of hydrogen-bond donors (Lipinski definition) is 4. The van der Waals surface area contributed by atoms with Crippen molar-refractivity contribution in [2.45, 2.75) is 17.4 Å². The molecule has 2 amide bonds. The molecule has 0 radical (unpaired) electrons. The maximum Gasteiger partial charge on any atom is 0.325 e. The van der Waals surface area contributed by atoms with Gasteiger partial charge in [-0.2, -0.15) is 0 Å². The Hall–Kier alpha value is -4.26. The molecule has 4 aromatic rings. The van der Waals surface area contributed by atoms with Gasteiger partial charge in [-0.05, 0) is 41.0 Å². The smallest absolute Gasteiger partial charge is 0.325 e. The lowest BCUT2D eigenvalue weighted by molar-refractivity contribution is -0.137. The number of nitrogens with one attached hydrogen (secondary N) is 3. The number of rotatable bonds is 10. The van der Waals surface area contributed by atoms with Crippen LogP contribution in [0.25, 0.3) is 11.1 Å². The van der Waals surface area contributed by atoms with Crippen LogP contribution in [-0.4, -0.2) is 37.6 Å². The fourth-order valence-electron chi connectivity index (χ4n) is 3.73. The van der Waals surface area contributed by atoms with Crippen LogP contribution in [0.5, 0.6) is 5.75 Å². The molecule has 1 atom stereocenters. The van der Waals surface area contributed by atoms with E-state index in [-0.39, 0.29) is 10.6 Å². The number of aromatic nitrogens is 1. The van der Waals surface area contributed by atoms with E-state index in [4.69, 9.17) is 4.74 Å². The lowest BCUT2D eigenvalue weighted by Crippen LogP contribution is -2.30. The monoisotopic (exact) mass is 552 g/mol. The lowest BCUT2D eigenvalue weighted by Gasteiger charge is -2.19. The predicted molar refractivity (Wildman–Crippen MR) is 145 cm³/mol. The third kappa shape index (κ3) is 6.73. The van der Waals surface area contributed by atoms with Crippen LogP contribution < -0.4 is 20.1 Å². The van der Waals surface area contributed by atoms with Gasteiger partial charge in [0, 0.05) is 17.3 Å². The largest absolute Gasteiger partial charge is 0.495 e. The molecule has 10 nitrogen and oxygen atoms in total. The van der Waals surface area contributed by atoms with Crippen molar-refractivity contribution in [3.05, 3.63) is 89.9 Å². The number of nitrogens with zero attached hydrogens (tertiary/aromatic N) is 1. The number of carboxylic acid groups (broad SMARTS) is 1. The molecule has 0 aliphatic carbocycles. The van der Waals surface area contributed by atoms with Crippen LogP contribution in [0, 0.1) is 0 Å². The molecular weight excluding hydrogens is 528 g/mol. The Morgan fingerprint density at radius 2 is 1.76 bits per heavy atom. The van der Waals surface area contributed by atoms with Crippen LogP contribution in [0.2, 0.25) is 0 Å². The Kier molecular flexibility index (Phi) is 8.36. The Bertz CT molecular complexity index is 1530. The second kappa shape index (κ2) is 11.9. The number of carbonyl (C=O) groups excluding carboxylic acids is 1. The average Bonchev–Trinajstić information content (AvgIpc) is 3.41. The van der Waals surface area contributed by atoms with Crippen molar-refractivity contribution in [3.8, 4) is 16.9 Å². The summed E-state index contributed by atoms with van der Waals surface area (Å²) < 4.78 is 34.8. The number of benzene rings is 3. The fraction of sp³-hybridized carbons (Fsp3) is 0.115. The van der Waals surface area contributed by atoms with Crippen molar-refractivity contribution >= 4 is 44.2 Å². The number of methoxy groups -OCH3 is 1. The van der Waals surface area contributed by atoms with Gasteiger partial charge in [0.05, 0.1) is 19.6 Å². The summed E-state index contributed by atoms with van der Waals surface area (Å²) in [6, 6.07) is 18.6. The molecular formula is C26H24N4O6S2. The second-order valence-corrected chi connectivity index (χ2v) is 10.6.